The molecule has 0 spiro atoms. The molecule has 4 rings (SSSR count). The molecule has 2 heterocycles. The summed E-state index contributed by atoms with van der Waals surface area (Å²) in [6.07, 6.45) is 0.335. The van der Waals surface area contributed by atoms with E-state index in [1.165, 1.54) is 0 Å². The second kappa shape index (κ2) is 10.0. The number of fused-ring (bicyclic) bond motifs is 1. The van der Waals surface area contributed by atoms with Gasteiger partial charge < -0.3 is 20.7 Å². The fraction of sp³-hybridized carbons (Fsp3) is 0.130. The van der Waals surface area contributed by atoms with Crippen LogP contribution in [-0.2, 0) is 4.79 Å². The lowest BCUT2D eigenvalue weighted by Crippen LogP contribution is -2.21. The number of imidazole rings is 1. The SMILES string of the molecule is CC(Nc1cc(C(N)=O)c2ccccc2n1)c1cccc(-n2ccnc2)c1.O=C(O)C(F)(F)F. The van der Waals surface area contributed by atoms with Gasteiger partial charge in [-0.2, -0.15) is 13.2 Å². The molecule has 0 fully saturated rings. The molecule has 0 aliphatic rings. The highest BCUT2D eigenvalue weighted by Gasteiger charge is 2.38. The van der Waals surface area contributed by atoms with Crippen LogP contribution in [0.15, 0.2) is 73.3 Å². The maximum Gasteiger partial charge on any atom is 0.490 e. The van der Waals surface area contributed by atoms with Crippen molar-refractivity contribution in [3.8, 4) is 5.69 Å². The third-order valence-electron chi connectivity index (χ3n) is 4.76. The first-order chi connectivity index (χ1) is 16.1. The normalized spacial score (nSPS) is 11.9. The Labute approximate surface area is 191 Å². The van der Waals surface area contributed by atoms with E-state index in [1.807, 2.05) is 60.2 Å². The van der Waals surface area contributed by atoms with E-state index in [0.29, 0.717) is 11.4 Å². The number of rotatable bonds is 5. The van der Waals surface area contributed by atoms with Crippen LogP contribution in [0.4, 0.5) is 19.0 Å². The minimum atomic E-state index is -5.08. The molecule has 11 heteroatoms. The summed E-state index contributed by atoms with van der Waals surface area (Å²) in [5.74, 6) is -2.61. The van der Waals surface area contributed by atoms with Gasteiger partial charge in [0, 0.05) is 23.5 Å². The number of amides is 1. The summed E-state index contributed by atoms with van der Waals surface area (Å²) in [7, 11) is 0. The number of hydrogen-bond donors (Lipinski definition) is 3. The number of aliphatic carboxylic acids is 1. The summed E-state index contributed by atoms with van der Waals surface area (Å²) in [4.78, 5) is 29.5. The largest absolute Gasteiger partial charge is 0.490 e. The number of carbonyl (C=O) groups is 2. The highest BCUT2D eigenvalue weighted by atomic mass is 19.4. The molecule has 8 nitrogen and oxygen atoms in total. The van der Waals surface area contributed by atoms with E-state index in [1.54, 1.807) is 18.6 Å². The van der Waals surface area contributed by atoms with Gasteiger partial charge in [0.25, 0.3) is 0 Å². The number of hydrogen-bond acceptors (Lipinski definition) is 5. The molecule has 0 aliphatic carbocycles. The first-order valence-corrected chi connectivity index (χ1v) is 9.91. The average Bonchev–Trinajstić information content (AvgIpc) is 3.33. The number of anilines is 1. The third kappa shape index (κ3) is 5.88. The highest BCUT2D eigenvalue weighted by molar-refractivity contribution is 6.06. The molecule has 0 radical (unpaired) electrons. The lowest BCUT2D eigenvalue weighted by molar-refractivity contribution is -0.192. The molecule has 4 N–H and O–H groups in total. The van der Waals surface area contributed by atoms with Crippen LogP contribution in [0.25, 0.3) is 16.6 Å². The van der Waals surface area contributed by atoms with E-state index in [0.717, 1.165) is 22.2 Å². The van der Waals surface area contributed by atoms with Crippen LogP contribution in [-0.4, -0.2) is 37.7 Å². The van der Waals surface area contributed by atoms with Crippen LogP contribution < -0.4 is 11.1 Å². The topological polar surface area (TPSA) is 123 Å². The second-order valence-electron chi connectivity index (χ2n) is 7.17. The molecular formula is C23H20F3N5O3. The zero-order valence-electron chi connectivity index (χ0n) is 17.8. The molecule has 2 aromatic heterocycles. The Balaban J connectivity index is 0.000000406. The van der Waals surface area contributed by atoms with Gasteiger partial charge in [0.2, 0.25) is 5.91 Å². The summed E-state index contributed by atoms with van der Waals surface area (Å²) in [6, 6.07) is 17.4. The van der Waals surface area contributed by atoms with E-state index < -0.39 is 18.1 Å². The maximum atomic E-state index is 11.9. The Kier molecular flexibility index (Phi) is 7.15. The number of nitrogens with two attached hydrogens (primary N) is 1. The Morgan fingerprint density at radius 1 is 1.12 bits per heavy atom. The fourth-order valence-electron chi connectivity index (χ4n) is 3.12. The lowest BCUT2D eigenvalue weighted by atomic mass is 10.1. The molecule has 0 aliphatic heterocycles. The quantitative estimate of drug-likeness (QED) is 0.398. The van der Waals surface area contributed by atoms with E-state index >= 15 is 0 Å². The van der Waals surface area contributed by atoms with Crippen molar-refractivity contribution in [2.24, 2.45) is 5.73 Å². The lowest BCUT2D eigenvalue weighted by Gasteiger charge is -2.17. The number of carbonyl (C=O) groups excluding carboxylic acids is 1. The Bertz CT molecular complexity index is 1310. The third-order valence-corrected chi connectivity index (χ3v) is 4.76. The first kappa shape index (κ1) is 24.2. The van der Waals surface area contributed by atoms with E-state index in [2.05, 4.69) is 21.4 Å². The molecule has 0 saturated carbocycles. The van der Waals surface area contributed by atoms with Crippen LogP contribution in [0, 0.1) is 0 Å². The Hall–Kier alpha value is -4.41. The van der Waals surface area contributed by atoms with Crippen molar-refractivity contribution in [2.45, 2.75) is 19.1 Å². The summed E-state index contributed by atoms with van der Waals surface area (Å²) < 4.78 is 33.7. The minimum absolute atomic E-state index is 0.0112. The predicted molar refractivity (Wildman–Crippen MR) is 120 cm³/mol. The van der Waals surface area contributed by atoms with Gasteiger partial charge >= 0.3 is 12.1 Å². The standard InChI is InChI=1S/C21H19N5O.C2HF3O2/c1-14(15-5-4-6-16(11-15)26-10-9-23-13-26)24-20-12-18(21(22)27)17-7-2-3-8-19(17)25-20;3-2(4,5)1(6)7/h2-14H,1H3,(H2,22,27)(H,24,25);(H,6,7). The number of halogens is 3. The maximum absolute atomic E-state index is 11.9. The molecule has 1 amide bonds. The molecule has 2 aromatic carbocycles. The number of para-hydroxylation sites is 1. The van der Waals surface area contributed by atoms with Crippen molar-refractivity contribution in [2.75, 3.05) is 5.32 Å². The highest BCUT2D eigenvalue weighted by Crippen LogP contribution is 2.25. The van der Waals surface area contributed by atoms with Gasteiger partial charge in [-0.25, -0.2) is 14.8 Å². The van der Waals surface area contributed by atoms with Crippen LogP contribution in [0.5, 0.6) is 0 Å². The first-order valence-electron chi connectivity index (χ1n) is 9.91. The summed E-state index contributed by atoms with van der Waals surface area (Å²) in [6.45, 7) is 2.05. The Morgan fingerprint density at radius 3 is 2.44 bits per heavy atom. The summed E-state index contributed by atoms with van der Waals surface area (Å²) in [5.41, 5.74) is 8.88. The van der Waals surface area contributed by atoms with E-state index in [4.69, 9.17) is 15.6 Å². The minimum Gasteiger partial charge on any atom is -0.475 e. The molecule has 1 unspecified atom stereocenters. The van der Waals surface area contributed by atoms with Crippen molar-refractivity contribution in [3.05, 3.63) is 84.4 Å². The van der Waals surface area contributed by atoms with Crippen molar-refractivity contribution in [1.29, 1.82) is 0 Å². The number of carboxylic acids is 1. The number of nitrogens with one attached hydrogen (secondary N) is 1. The zero-order chi connectivity index (χ0) is 24.9. The average molecular weight is 471 g/mol. The van der Waals surface area contributed by atoms with Crippen molar-refractivity contribution >= 4 is 28.6 Å². The van der Waals surface area contributed by atoms with Crippen LogP contribution in [0.3, 0.4) is 0 Å². The second-order valence-corrected chi connectivity index (χ2v) is 7.17. The molecule has 34 heavy (non-hydrogen) atoms. The van der Waals surface area contributed by atoms with Gasteiger partial charge in [-0.3, -0.25) is 4.79 Å². The number of pyridine rings is 1. The monoisotopic (exact) mass is 471 g/mol. The van der Waals surface area contributed by atoms with Gasteiger partial charge in [0.05, 0.1) is 23.4 Å². The van der Waals surface area contributed by atoms with Gasteiger partial charge in [0.15, 0.2) is 0 Å². The summed E-state index contributed by atoms with van der Waals surface area (Å²) in [5, 5.41) is 11.3. The number of nitrogens with zero attached hydrogens (tertiary/aromatic N) is 3. The van der Waals surface area contributed by atoms with E-state index in [9.17, 15) is 18.0 Å². The molecule has 0 saturated heterocycles. The number of primary amides is 1. The van der Waals surface area contributed by atoms with Crippen LogP contribution in [0.2, 0.25) is 0 Å². The van der Waals surface area contributed by atoms with Crippen LogP contribution in [0.1, 0.15) is 28.9 Å². The predicted octanol–water partition coefficient (Wildman–Crippen LogP) is 4.33. The fourth-order valence-corrected chi connectivity index (χ4v) is 3.12. The van der Waals surface area contributed by atoms with Gasteiger partial charge in [-0.1, -0.05) is 30.3 Å². The number of alkyl halides is 3. The number of aromatic nitrogens is 3. The molecule has 4 aromatic rings. The van der Waals surface area contributed by atoms with Crippen molar-refractivity contribution in [1.82, 2.24) is 14.5 Å². The molecular weight excluding hydrogens is 451 g/mol. The zero-order valence-corrected chi connectivity index (χ0v) is 17.8. The van der Waals surface area contributed by atoms with Crippen LogP contribution >= 0.6 is 0 Å². The molecule has 0 bridgehead atoms. The van der Waals surface area contributed by atoms with Gasteiger partial charge in [-0.15, -0.1) is 0 Å². The van der Waals surface area contributed by atoms with Gasteiger partial charge in [0.1, 0.15) is 5.82 Å². The number of carboxylic acid groups (broad SMARTS) is 1. The van der Waals surface area contributed by atoms with Crippen molar-refractivity contribution < 1.29 is 27.9 Å². The van der Waals surface area contributed by atoms with Gasteiger partial charge in [-0.05, 0) is 36.8 Å². The smallest absolute Gasteiger partial charge is 0.475 e. The van der Waals surface area contributed by atoms with E-state index in [-0.39, 0.29) is 6.04 Å². The molecule has 1 atom stereocenters. The number of benzene rings is 2. The summed E-state index contributed by atoms with van der Waals surface area (Å²) >= 11 is 0. The van der Waals surface area contributed by atoms with Crippen molar-refractivity contribution in [3.63, 3.8) is 0 Å². The Morgan fingerprint density at radius 2 is 1.82 bits per heavy atom. The molecule has 176 valence electrons.